The summed E-state index contributed by atoms with van der Waals surface area (Å²) in [7, 11) is 0. The minimum absolute atomic E-state index is 0.826. The standard InChI is InChI=1S/C29H25BrN4/c1-2-3-4-11-22-25-20-9-5-7-12-23(20)32-28(25)29(34-33-19-16-14-18(30)15-17-19)26-21-10-6-8-13-24(21)31-27(22)26/h5-10,12-17,31-32H,2-4,11H2,1H3. The first-order valence-electron chi connectivity index (χ1n) is 11.9. The Morgan fingerprint density at radius 3 is 2.06 bits per heavy atom. The van der Waals surface area contributed by atoms with Crippen LogP contribution in [0.4, 0.5) is 11.4 Å². The number of hydrogen-bond acceptors (Lipinski definition) is 2. The van der Waals surface area contributed by atoms with Crippen molar-refractivity contribution in [1.29, 1.82) is 0 Å². The van der Waals surface area contributed by atoms with Crippen molar-refractivity contribution < 1.29 is 0 Å². The summed E-state index contributed by atoms with van der Waals surface area (Å²) in [6, 6.07) is 25.0. The SMILES string of the molecule is CCCCCc1c2[nH]c3ccccc3c2c(N=Nc2ccc(Br)cc2)c2[nH]c3ccccc3c12. The zero-order valence-corrected chi connectivity index (χ0v) is 20.6. The highest BCUT2D eigenvalue weighted by atomic mass is 79.9. The molecule has 0 bridgehead atoms. The van der Waals surface area contributed by atoms with Crippen molar-refractivity contribution in [2.24, 2.45) is 10.2 Å². The Bertz CT molecular complexity index is 1670. The molecule has 168 valence electrons. The molecule has 5 heteroatoms. The van der Waals surface area contributed by atoms with Gasteiger partial charge < -0.3 is 9.97 Å². The van der Waals surface area contributed by atoms with Gasteiger partial charge in [-0.05, 0) is 54.8 Å². The molecule has 0 aliphatic rings. The third kappa shape index (κ3) is 3.51. The summed E-state index contributed by atoms with van der Waals surface area (Å²) in [6.07, 6.45) is 4.61. The van der Waals surface area contributed by atoms with E-state index >= 15 is 0 Å². The Morgan fingerprint density at radius 2 is 1.35 bits per heavy atom. The molecule has 0 aliphatic carbocycles. The van der Waals surface area contributed by atoms with Crippen LogP contribution in [-0.4, -0.2) is 9.97 Å². The van der Waals surface area contributed by atoms with Gasteiger partial charge in [0.1, 0.15) is 5.69 Å². The van der Waals surface area contributed by atoms with E-state index in [9.17, 15) is 0 Å². The molecule has 0 fully saturated rings. The molecule has 2 heterocycles. The van der Waals surface area contributed by atoms with Crippen molar-refractivity contribution in [3.63, 3.8) is 0 Å². The van der Waals surface area contributed by atoms with Gasteiger partial charge in [-0.2, -0.15) is 5.11 Å². The van der Waals surface area contributed by atoms with Crippen LogP contribution in [0, 0.1) is 0 Å². The summed E-state index contributed by atoms with van der Waals surface area (Å²) in [5.41, 5.74) is 7.59. The summed E-state index contributed by atoms with van der Waals surface area (Å²) >= 11 is 3.50. The molecule has 0 spiro atoms. The number of aryl methyl sites for hydroxylation is 1. The maximum Gasteiger partial charge on any atom is 0.120 e. The molecule has 6 rings (SSSR count). The third-order valence-corrected chi connectivity index (χ3v) is 7.14. The minimum atomic E-state index is 0.826. The van der Waals surface area contributed by atoms with Gasteiger partial charge in [-0.15, -0.1) is 5.11 Å². The first-order valence-corrected chi connectivity index (χ1v) is 12.7. The highest BCUT2D eigenvalue weighted by Gasteiger charge is 2.21. The van der Waals surface area contributed by atoms with E-state index in [0.717, 1.165) is 50.6 Å². The second-order valence-electron chi connectivity index (χ2n) is 8.80. The largest absolute Gasteiger partial charge is 0.354 e. The van der Waals surface area contributed by atoms with E-state index in [1.165, 1.54) is 40.1 Å². The number of benzene rings is 4. The summed E-state index contributed by atoms with van der Waals surface area (Å²) in [6.45, 7) is 2.26. The van der Waals surface area contributed by atoms with Crippen molar-refractivity contribution >= 4 is 70.9 Å². The molecule has 0 unspecified atom stereocenters. The molecule has 2 N–H and O–H groups in total. The number of nitrogens with one attached hydrogen (secondary N) is 2. The monoisotopic (exact) mass is 508 g/mol. The van der Waals surface area contributed by atoms with Gasteiger partial charge in [0.15, 0.2) is 0 Å². The van der Waals surface area contributed by atoms with Crippen LogP contribution in [0.3, 0.4) is 0 Å². The highest BCUT2D eigenvalue weighted by Crippen LogP contribution is 2.45. The lowest BCUT2D eigenvalue weighted by Gasteiger charge is -2.09. The first-order chi connectivity index (χ1) is 16.7. The molecule has 0 saturated heterocycles. The molecular formula is C29H25BrN4. The number of fused-ring (bicyclic) bond motifs is 6. The van der Waals surface area contributed by atoms with E-state index in [2.05, 4.69) is 86.5 Å². The van der Waals surface area contributed by atoms with Crippen LogP contribution in [0.5, 0.6) is 0 Å². The van der Waals surface area contributed by atoms with Crippen molar-refractivity contribution in [3.05, 3.63) is 82.8 Å². The molecule has 0 amide bonds. The fourth-order valence-corrected chi connectivity index (χ4v) is 5.28. The second kappa shape index (κ2) is 8.73. The number of rotatable bonds is 6. The number of hydrogen-bond donors (Lipinski definition) is 2. The van der Waals surface area contributed by atoms with Gasteiger partial charge in [0.05, 0.1) is 16.7 Å². The first kappa shape index (κ1) is 21.1. The van der Waals surface area contributed by atoms with Crippen LogP contribution in [0.25, 0.3) is 43.6 Å². The Balaban J connectivity index is 1.71. The maximum absolute atomic E-state index is 4.88. The minimum Gasteiger partial charge on any atom is -0.354 e. The average Bonchev–Trinajstić information content (AvgIpc) is 3.44. The van der Waals surface area contributed by atoms with Crippen LogP contribution in [-0.2, 0) is 6.42 Å². The van der Waals surface area contributed by atoms with Crippen LogP contribution in [0.1, 0.15) is 31.7 Å². The number of azo groups is 1. The number of unbranched alkanes of at least 4 members (excludes halogenated alkanes) is 2. The number of aromatic nitrogens is 2. The van der Waals surface area contributed by atoms with Crippen molar-refractivity contribution in [2.75, 3.05) is 0 Å². The lowest BCUT2D eigenvalue weighted by Crippen LogP contribution is -1.91. The molecule has 4 aromatic carbocycles. The fraction of sp³-hybridized carbons (Fsp3) is 0.172. The zero-order valence-electron chi connectivity index (χ0n) is 19.0. The number of nitrogens with zero attached hydrogens (tertiary/aromatic N) is 2. The maximum atomic E-state index is 4.88. The van der Waals surface area contributed by atoms with Gasteiger partial charge in [-0.3, -0.25) is 0 Å². The van der Waals surface area contributed by atoms with Crippen molar-refractivity contribution in [3.8, 4) is 0 Å². The van der Waals surface area contributed by atoms with Gasteiger partial charge in [0.2, 0.25) is 0 Å². The zero-order chi connectivity index (χ0) is 23.1. The van der Waals surface area contributed by atoms with E-state index < -0.39 is 0 Å². The number of H-pyrrole nitrogens is 2. The molecular weight excluding hydrogens is 484 g/mol. The molecule has 6 aromatic rings. The van der Waals surface area contributed by atoms with E-state index in [1.807, 2.05) is 24.3 Å². The molecule has 0 atom stereocenters. The van der Waals surface area contributed by atoms with Crippen molar-refractivity contribution in [2.45, 2.75) is 32.6 Å². The van der Waals surface area contributed by atoms with E-state index in [4.69, 9.17) is 5.11 Å². The summed E-state index contributed by atoms with van der Waals surface area (Å²) in [5, 5.41) is 14.3. The average molecular weight is 509 g/mol. The highest BCUT2D eigenvalue weighted by molar-refractivity contribution is 9.10. The number of aromatic amines is 2. The Morgan fingerprint density at radius 1 is 0.706 bits per heavy atom. The lowest BCUT2D eigenvalue weighted by molar-refractivity contribution is 0.721. The molecule has 2 aromatic heterocycles. The van der Waals surface area contributed by atoms with E-state index in [1.54, 1.807) is 0 Å². The molecule has 0 saturated carbocycles. The van der Waals surface area contributed by atoms with Gasteiger partial charge in [0, 0.05) is 37.1 Å². The third-order valence-electron chi connectivity index (χ3n) is 6.61. The van der Waals surface area contributed by atoms with Gasteiger partial charge in [0.25, 0.3) is 0 Å². The van der Waals surface area contributed by atoms with Gasteiger partial charge in [-0.1, -0.05) is 72.1 Å². The summed E-state index contributed by atoms with van der Waals surface area (Å²) in [4.78, 5) is 7.44. The van der Waals surface area contributed by atoms with E-state index in [-0.39, 0.29) is 0 Å². The summed E-state index contributed by atoms with van der Waals surface area (Å²) < 4.78 is 1.03. The molecule has 0 radical (unpaired) electrons. The topological polar surface area (TPSA) is 56.3 Å². The van der Waals surface area contributed by atoms with Crippen LogP contribution in [0.2, 0.25) is 0 Å². The predicted octanol–water partition coefficient (Wildman–Crippen LogP) is 9.87. The molecule has 4 nitrogen and oxygen atoms in total. The molecule has 0 aliphatic heterocycles. The lowest BCUT2D eigenvalue weighted by atomic mass is 9.96. The van der Waals surface area contributed by atoms with E-state index in [0.29, 0.717) is 0 Å². The Kier molecular flexibility index (Phi) is 5.42. The summed E-state index contributed by atoms with van der Waals surface area (Å²) in [5.74, 6) is 0. The quantitative estimate of drug-likeness (QED) is 0.166. The Hall–Kier alpha value is -3.44. The predicted molar refractivity (Wildman–Crippen MR) is 147 cm³/mol. The Labute approximate surface area is 206 Å². The van der Waals surface area contributed by atoms with Crippen molar-refractivity contribution in [1.82, 2.24) is 9.97 Å². The van der Waals surface area contributed by atoms with Crippen LogP contribution < -0.4 is 0 Å². The number of halogens is 1. The van der Waals surface area contributed by atoms with Crippen LogP contribution >= 0.6 is 15.9 Å². The normalized spacial score (nSPS) is 12.2. The van der Waals surface area contributed by atoms with Gasteiger partial charge >= 0.3 is 0 Å². The molecule has 34 heavy (non-hydrogen) atoms. The fourth-order valence-electron chi connectivity index (χ4n) is 5.01. The van der Waals surface area contributed by atoms with Crippen LogP contribution in [0.15, 0.2) is 87.5 Å². The van der Waals surface area contributed by atoms with Gasteiger partial charge in [-0.25, -0.2) is 0 Å². The second-order valence-corrected chi connectivity index (χ2v) is 9.72. The number of para-hydroxylation sites is 2. The smallest absolute Gasteiger partial charge is 0.120 e.